The molecule has 2 heteroatoms. The summed E-state index contributed by atoms with van der Waals surface area (Å²) in [6.07, 6.45) is 4.78. The average Bonchev–Trinajstić information content (AvgIpc) is 2.78. The molecule has 0 aromatic heterocycles. The van der Waals surface area contributed by atoms with Crippen LogP contribution in [0.1, 0.15) is 40.0 Å². The van der Waals surface area contributed by atoms with Gasteiger partial charge in [0.15, 0.2) is 0 Å². The Bertz CT molecular complexity index is 150. The number of rotatable bonds is 3. The molecule has 0 heterocycles. The van der Waals surface area contributed by atoms with Crippen LogP contribution in [0.3, 0.4) is 0 Å². The lowest BCUT2D eigenvalue weighted by atomic mass is 10.0. The van der Waals surface area contributed by atoms with Gasteiger partial charge in [-0.1, -0.05) is 20.8 Å². The van der Waals surface area contributed by atoms with E-state index in [4.69, 9.17) is 0 Å². The summed E-state index contributed by atoms with van der Waals surface area (Å²) in [5.74, 6) is 0.657. The van der Waals surface area contributed by atoms with Crippen LogP contribution in [0.15, 0.2) is 0 Å². The fourth-order valence-corrected chi connectivity index (χ4v) is 1.25. The molecule has 0 amide bonds. The number of carbonyl (C=O) groups is 2. The molecule has 1 aliphatic rings. The Hall–Kier alpha value is -0.660. The maximum atomic E-state index is 10.3. The van der Waals surface area contributed by atoms with Crippen LogP contribution in [0.4, 0.5) is 0 Å². The molecule has 1 fully saturated rings. The minimum atomic E-state index is 0.111. The van der Waals surface area contributed by atoms with Gasteiger partial charge in [-0.2, -0.15) is 0 Å². The zero-order valence-electron chi connectivity index (χ0n) is 8.17. The van der Waals surface area contributed by atoms with Gasteiger partial charge in [0.05, 0.1) is 0 Å². The van der Waals surface area contributed by atoms with Gasteiger partial charge in [0.1, 0.15) is 12.6 Å². The molecule has 70 valence electrons. The molecule has 0 bridgehead atoms. The monoisotopic (exact) mass is 170 g/mol. The van der Waals surface area contributed by atoms with Crippen molar-refractivity contribution >= 4 is 12.6 Å². The van der Waals surface area contributed by atoms with E-state index in [-0.39, 0.29) is 5.41 Å². The van der Waals surface area contributed by atoms with Gasteiger partial charge in [-0.15, -0.1) is 0 Å². The Labute approximate surface area is 74.3 Å². The zero-order chi connectivity index (χ0) is 9.61. The van der Waals surface area contributed by atoms with E-state index in [1.165, 1.54) is 0 Å². The molecule has 0 saturated heterocycles. The minimum Gasteiger partial charge on any atom is -0.303 e. The first-order valence-electron chi connectivity index (χ1n) is 4.56. The van der Waals surface area contributed by atoms with Crippen LogP contribution in [0, 0.1) is 11.3 Å². The first-order valence-corrected chi connectivity index (χ1v) is 4.56. The van der Waals surface area contributed by atoms with Crippen LogP contribution in [0.2, 0.25) is 0 Å². The average molecular weight is 170 g/mol. The predicted molar refractivity (Wildman–Crippen MR) is 48.9 cm³/mol. The van der Waals surface area contributed by atoms with Crippen molar-refractivity contribution in [1.82, 2.24) is 0 Å². The molecule has 2 nitrogen and oxygen atoms in total. The maximum absolute atomic E-state index is 10.3. The van der Waals surface area contributed by atoms with Gasteiger partial charge in [0, 0.05) is 11.8 Å². The quantitative estimate of drug-likeness (QED) is 0.608. The fourth-order valence-electron chi connectivity index (χ4n) is 1.25. The summed E-state index contributed by atoms with van der Waals surface area (Å²) in [6, 6.07) is 0. The molecule has 0 spiro atoms. The van der Waals surface area contributed by atoms with Crippen molar-refractivity contribution in [1.29, 1.82) is 0 Å². The lowest BCUT2D eigenvalue weighted by Gasteiger charge is -1.99. The smallest absolute Gasteiger partial charge is 0.126 e. The number of aldehydes is 2. The van der Waals surface area contributed by atoms with Gasteiger partial charge < -0.3 is 9.59 Å². The van der Waals surface area contributed by atoms with Crippen molar-refractivity contribution in [2.75, 3.05) is 0 Å². The normalized spacial score (nSPS) is 31.4. The molecular formula is C10H18O2. The second-order valence-electron chi connectivity index (χ2n) is 3.38. The summed E-state index contributed by atoms with van der Waals surface area (Å²) in [6.45, 7) is 6.03. The van der Waals surface area contributed by atoms with Gasteiger partial charge in [0.25, 0.3) is 0 Å². The summed E-state index contributed by atoms with van der Waals surface area (Å²) in [5.41, 5.74) is 0.111. The standard InChI is InChI=1S/C7H12O.C3H6O/c1-3-7(5-8)4-6(7)2;1-2-3-4/h5-6H,3-4H2,1-2H3;3H,2H2,1H3. The third kappa shape index (κ3) is 2.76. The van der Waals surface area contributed by atoms with E-state index in [9.17, 15) is 9.59 Å². The highest BCUT2D eigenvalue weighted by Crippen LogP contribution is 2.52. The Balaban J connectivity index is 0.000000261. The predicted octanol–water partition coefficient (Wildman–Crippen LogP) is 2.22. The SMILES string of the molecule is CCC1(C=O)CC1C.CCC=O. The lowest BCUT2D eigenvalue weighted by Crippen LogP contribution is -2.01. The Morgan fingerprint density at radius 3 is 1.83 bits per heavy atom. The second kappa shape index (κ2) is 5.07. The van der Waals surface area contributed by atoms with Gasteiger partial charge in [-0.3, -0.25) is 0 Å². The topological polar surface area (TPSA) is 34.1 Å². The zero-order valence-corrected chi connectivity index (χ0v) is 8.17. The van der Waals surface area contributed by atoms with Crippen molar-refractivity contribution in [3.05, 3.63) is 0 Å². The highest BCUT2D eigenvalue weighted by Gasteiger charge is 2.49. The number of hydrogen-bond donors (Lipinski definition) is 0. The molecular weight excluding hydrogens is 152 g/mol. The molecule has 0 N–H and O–H groups in total. The van der Waals surface area contributed by atoms with Crippen molar-refractivity contribution in [3.8, 4) is 0 Å². The maximum Gasteiger partial charge on any atom is 0.126 e. The molecule has 1 saturated carbocycles. The van der Waals surface area contributed by atoms with Crippen LogP contribution < -0.4 is 0 Å². The van der Waals surface area contributed by atoms with E-state index >= 15 is 0 Å². The molecule has 0 aromatic rings. The van der Waals surface area contributed by atoms with E-state index in [1.807, 2.05) is 6.92 Å². The van der Waals surface area contributed by atoms with Crippen LogP contribution in [0.25, 0.3) is 0 Å². The molecule has 1 rings (SSSR count). The third-order valence-electron chi connectivity index (χ3n) is 2.57. The fraction of sp³-hybridized carbons (Fsp3) is 0.800. The molecule has 1 aliphatic carbocycles. The van der Waals surface area contributed by atoms with Crippen molar-refractivity contribution in [2.24, 2.45) is 11.3 Å². The summed E-state index contributed by atoms with van der Waals surface area (Å²) in [5, 5.41) is 0. The second-order valence-corrected chi connectivity index (χ2v) is 3.38. The first kappa shape index (κ1) is 11.3. The van der Waals surface area contributed by atoms with Crippen LogP contribution in [0.5, 0.6) is 0 Å². The molecule has 0 aliphatic heterocycles. The molecule has 2 unspecified atom stereocenters. The van der Waals surface area contributed by atoms with E-state index in [1.54, 1.807) is 0 Å². The van der Waals surface area contributed by atoms with Gasteiger partial charge >= 0.3 is 0 Å². The van der Waals surface area contributed by atoms with E-state index in [2.05, 4.69) is 13.8 Å². The van der Waals surface area contributed by atoms with E-state index in [0.717, 1.165) is 25.4 Å². The summed E-state index contributed by atoms with van der Waals surface area (Å²) >= 11 is 0. The van der Waals surface area contributed by atoms with Crippen LogP contribution >= 0.6 is 0 Å². The highest BCUT2D eigenvalue weighted by molar-refractivity contribution is 5.64. The summed E-state index contributed by atoms with van der Waals surface area (Å²) < 4.78 is 0. The van der Waals surface area contributed by atoms with Crippen molar-refractivity contribution < 1.29 is 9.59 Å². The molecule has 2 atom stereocenters. The Morgan fingerprint density at radius 1 is 1.42 bits per heavy atom. The Morgan fingerprint density at radius 2 is 1.83 bits per heavy atom. The summed E-state index contributed by atoms with van der Waals surface area (Å²) in [7, 11) is 0. The van der Waals surface area contributed by atoms with Crippen molar-refractivity contribution in [2.45, 2.75) is 40.0 Å². The third-order valence-corrected chi connectivity index (χ3v) is 2.57. The first-order chi connectivity index (χ1) is 5.66. The largest absolute Gasteiger partial charge is 0.303 e. The van der Waals surface area contributed by atoms with Gasteiger partial charge in [0.2, 0.25) is 0 Å². The van der Waals surface area contributed by atoms with Crippen molar-refractivity contribution in [3.63, 3.8) is 0 Å². The van der Waals surface area contributed by atoms with E-state index < -0.39 is 0 Å². The van der Waals surface area contributed by atoms with Crippen LogP contribution in [-0.2, 0) is 9.59 Å². The Kier molecular flexibility index (Phi) is 4.79. The minimum absolute atomic E-state index is 0.111. The molecule has 0 radical (unpaired) electrons. The highest BCUT2D eigenvalue weighted by atomic mass is 16.1. The summed E-state index contributed by atoms with van der Waals surface area (Å²) in [4.78, 5) is 19.5. The van der Waals surface area contributed by atoms with Crippen LogP contribution in [-0.4, -0.2) is 12.6 Å². The number of carbonyl (C=O) groups excluding carboxylic acids is 2. The van der Waals surface area contributed by atoms with Gasteiger partial charge in [-0.05, 0) is 18.8 Å². The van der Waals surface area contributed by atoms with E-state index in [0.29, 0.717) is 12.3 Å². The lowest BCUT2D eigenvalue weighted by molar-refractivity contribution is -0.112. The molecule has 0 aromatic carbocycles. The van der Waals surface area contributed by atoms with Gasteiger partial charge in [-0.25, -0.2) is 0 Å². The molecule has 12 heavy (non-hydrogen) atoms. The number of hydrogen-bond acceptors (Lipinski definition) is 2.